The smallest absolute Gasteiger partial charge is 0.269 e. The van der Waals surface area contributed by atoms with Gasteiger partial charge in [0.2, 0.25) is 0 Å². The van der Waals surface area contributed by atoms with Gasteiger partial charge in [0, 0.05) is 44.0 Å². The second-order valence-electron chi connectivity index (χ2n) is 4.86. The average Bonchev–Trinajstić information content (AvgIpc) is 2.89. The fraction of sp³-hybridized carbons (Fsp3) is 0.500. The lowest BCUT2D eigenvalue weighted by Crippen LogP contribution is -2.25. The summed E-state index contributed by atoms with van der Waals surface area (Å²) in [5, 5.41) is 14.0. The molecule has 90 valence electrons. The second kappa shape index (κ2) is 4.00. The Labute approximate surface area is 99.6 Å². The summed E-state index contributed by atoms with van der Waals surface area (Å²) in [6.07, 6.45) is 0. The number of fused-ring (bicyclic) bond motifs is 1. The van der Waals surface area contributed by atoms with Gasteiger partial charge in [0.05, 0.1) is 4.92 Å². The number of anilines is 1. The molecule has 0 aromatic heterocycles. The Kier molecular flexibility index (Phi) is 2.48. The van der Waals surface area contributed by atoms with Gasteiger partial charge in [0.1, 0.15) is 0 Å². The van der Waals surface area contributed by atoms with Gasteiger partial charge in [-0.05, 0) is 24.0 Å². The van der Waals surface area contributed by atoms with Crippen LogP contribution in [0.5, 0.6) is 0 Å². The van der Waals surface area contributed by atoms with Crippen LogP contribution in [0.25, 0.3) is 0 Å². The first-order valence-corrected chi connectivity index (χ1v) is 5.94. The molecule has 2 saturated heterocycles. The number of rotatable bonds is 2. The number of nitro groups is 1. The summed E-state index contributed by atoms with van der Waals surface area (Å²) in [6.45, 7) is 4.34. The fourth-order valence-electron chi connectivity index (χ4n) is 2.85. The van der Waals surface area contributed by atoms with E-state index in [0.717, 1.165) is 43.7 Å². The Bertz CT molecular complexity index is 420. The highest BCUT2D eigenvalue weighted by Gasteiger charge is 2.36. The molecular weight excluding hydrogens is 218 g/mol. The first-order valence-electron chi connectivity index (χ1n) is 5.94. The molecule has 5 heteroatoms. The van der Waals surface area contributed by atoms with Gasteiger partial charge in [-0.3, -0.25) is 10.1 Å². The standard InChI is InChI=1S/C12H15N3O2/c16-15(17)12-3-1-11(2-4-12)14-7-9-5-13-6-10(9)8-14/h1-4,9-10,13H,5-8H2/t9-,10?/m0/s1. The second-order valence-corrected chi connectivity index (χ2v) is 4.86. The molecule has 2 aliphatic heterocycles. The molecule has 0 aliphatic carbocycles. The van der Waals surface area contributed by atoms with Crippen LogP contribution in [0.1, 0.15) is 0 Å². The summed E-state index contributed by atoms with van der Waals surface area (Å²) in [7, 11) is 0. The largest absolute Gasteiger partial charge is 0.371 e. The van der Waals surface area contributed by atoms with Crippen molar-refractivity contribution in [1.29, 1.82) is 0 Å². The molecule has 2 heterocycles. The van der Waals surface area contributed by atoms with E-state index in [-0.39, 0.29) is 10.6 Å². The van der Waals surface area contributed by atoms with Gasteiger partial charge in [-0.2, -0.15) is 0 Å². The minimum Gasteiger partial charge on any atom is -0.371 e. The summed E-state index contributed by atoms with van der Waals surface area (Å²) < 4.78 is 0. The molecule has 0 amide bonds. The Balaban J connectivity index is 1.75. The predicted molar refractivity (Wildman–Crippen MR) is 65.2 cm³/mol. The summed E-state index contributed by atoms with van der Waals surface area (Å²) in [5.74, 6) is 1.48. The highest BCUT2D eigenvalue weighted by atomic mass is 16.6. The SMILES string of the molecule is O=[N+]([O-])c1ccc(N2CC3CNC[C@H]3C2)cc1. The number of nitrogens with one attached hydrogen (secondary N) is 1. The maximum Gasteiger partial charge on any atom is 0.269 e. The van der Waals surface area contributed by atoms with Gasteiger partial charge in [-0.15, -0.1) is 0 Å². The van der Waals surface area contributed by atoms with Crippen molar-refractivity contribution in [2.24, 2.45) is 11.8 Å². The molecular formula is C12H15N3O2. The number of benzene rings is 1. The zero-order valence-corrected chi connectivity index (χ0v) is 9.50. The summed E-state index contributed by atoms with van der Waals surface area (Å²) in [4.78, 5) is 12.6. The lowest BCUT2D eigenvalue weighted by atomic mass is 10.0. The van der Waals surface area contributed by atoms with Crippen LogP contribution in [0.3, 0.4) is 0 Å². The molecule has 3 rings (SSSR count). The highest BCUT2D eigenvalue weighted by molar-refractivity contribution is 5.51. The van der Waals surface area contributed by atoms with Crippen LogP contribution < -0.4 is 10.2 Å². The lowest BCUT2D eigenvalue weighted by Gasteiger charge is -2.19. The van der Waals surface area contributed by atoms with Crippen LogP contribution in [0, 0.1) is 22.0 Å². The number of hydrogen-bond acceptors (Lipinski definition) is 4. The van der Waals surface area contributed by atoms with E-state index >= 15 is 0 Å². The number of nitro benzene ring substituents is 1. The third-order valence-corrected chi connectivity index (χ3v) is 3.82. The van der Waals surface area contributed by atoms with Crippen molar-refractivity contribution in [1.82, 2.24) is 5.32 Å². The molecule has 2 atom stereocenters. The van der Waals surface area contributed by atoms with Crippen molar-refractivity contribution in [3.8, 4) is 0 Å². The van der Waals surface area contributed by atoms with Gasteiger partial charge < -0.3 is 10.2 Å². The molecule has 1 unspecified atom stereocenters. The van der Waals surface area contributed by atoms with Gasteiger partial charge >= 0.3 is 0 Å². The highest BCUT2D eigenvalue weighted by Crippen LogP contribution is 2.31. The van der Waals surface area contributed by atoms with Crippen LogP contribution in [0.15, 0.2) is 24.3 Å². The topological polar surface area (TPSA) is 58.4 Å². The van der Waals surface area contributed by atoms with Crippen LogP contribution in [-0.4, -0.2) is 31.1 Å². The van der Waals surface area contributed by atoms with E-state index in [0.29, 0.717) is 0 Å². The average molecular weight is 233 g/mol. The molecule has 1 N–H and O–H groups in total. The molecule has 2 fully saturated rings. The van der Waals surface area contributed by atoms with E-state index in [1.807, 2.05) is 12.1 Å². The van der Waals surface area contributed by atoms with Crippen molar-refractivity contribution in [3.63, 3.8) is 0 Å². The van der Waals surface area contributed by atoms with Gasteiger partial charge in [-0.25, -0.2) is 0 Å². The van der Waals surface area contributed by atoms with Crippen molar-refractivity contribution in [2.45, 2.75) is 0 Å². The first kappa shape index (κ1) is 10.5. The Morgan fingerprint density at radius 3 is 2.29 bits per heavy atom. The fourth-order valence-corrected chi connectivity index (χ4v) is 2.85. The summed E-state index contributed by atoms with van der Waals surface area (Å²) in [6, 6.07) is 6.88. The third kappa shape index (κ3) is 1.86. The van der Waals surface area contributed by atoms with E-state index < -0.39 is 0 Å². The van der Waals surface area contributed by atoms with Crippen LogP contribution in [0.4, 0.5) is 11.4 Å². The molecule has 0 radical (unpaired) electrons. The number of hydrogen-bond donors (Lipinski definition) is 1. The van der Waals surface area contributed by atoms with Crippen LogP contribution >= 0.6 is 0 Å². The summed E-state index contributed by atoms with van der Waals surface area (Å²) in [5.41, 5.74) is 1.26. The molecule has 5 nitrogen and oxygen atoms in total. The van der Waals surface area contributed by atoms with E-state index in [1.165, 1.54) is 0 Å². The minimum atomic E-state index is -0.355. The van der Waals surface area contributed by atoms with Gasteiger partial charge in [0.25, 0.3) is 5.69 Å². The molecule has 17 heavy (non-hydrogen) atoms. The van der Waals surface area contributed by atoms with Gasteiger partial charge in [0.15, 0.2) is 0 Å². The van der Waals surface area contributed by atoms with Crippen molar-refractivity contribution >= 4 is 11.4 Å². The maximum absolute atomic E-state index is 10.6. The molecule has 1 aromatic carbocycles. The summed E-state index contributed by atoms with van der Waals surface area (Å²) >= 11 is 0. The van der Waals surface area contributed by atoms with Crippen molar-refractivity contribution in [2.75, 3.05) is 31.1 Å². The molecule has 2 aliphatic rings. The Hall–Kier alpha value is -1.62. The third-order valence-electron chi connectivity index (χ3n) is 3.82. The first-order chi connectivity index (χ1) is 8.24. The predicted octanol–water partition coefficient (Wildman–Crippen LogP) is 1.25. The molecule has 0 bridgehead atoms. The van der Waals surface area contributed by atoms with E-state index in [4.69, 9.17) is 0 Å². The maximum atomic E-state index is 10.6. The van der Waals surface area contributed by atoms with E-state index in [1.54, 1.807) is 12.1 Å². The minimum absolute atomic E-state index is 0.162. The van der Waals surface area contributed by atoms with Crippen molar-refractivity contribution in [3.05, 3.63) is 34.4 Å². The van der Waals surface area contributed by atoms with E-state index in [9.17, 15) is 10.1 Å². The van der Waals surface area contributed by atoms with Crippen LogP contribution in [-0.2, 0) is 0 Å². The Morgan fingerprint density at radius 1 is 1.18 bits per heavy atom. The number of nitrogens with zero attached hydrogens (tertiary/aromatic N) is 2. The van der Waals surface area contributed by atoms with E-state index in [2.05, 4.69) is 10.2 Å². The quantitative estimate of drug-likeness (QED) is 0.617. The zero-order valence-electron chi connectivity index (χ0n) is 9.50. The number of non-ortho nitro benzene ring substituents is 1. The zero-order chi connectivity index (χ0) is 11.8. The van der Waals surface area contributed by atoms with Crippen molar-refractivity contribution < 1.29 is 4.92 Å². The molecule has 1 aromatic rings. The molecule has 0 saturated carbocycles. The Morgan fingerprint density at radius 2 is 1.76 bits per heavy atom. The monoisotopic (exact) mass is 233 g/mol. The van der Waals surface area contributed by atoms with Crippen LogP contribution in [0.2, 0.25) is 0 Å². The lowest BCUT2D eigenvalue weighted by molar-refractivity contribution is -0.384. The molecule has 0 spiro atoms. The van der Waals surface area contributed by atoms with Gasteiger partial charge in [-0.1, -0.05) is 0 Å². The normalized spacial score (nSPS) is 27.2.